The lowest BCUT2D eigenvalue weighted by Gasteiger charge is -2.05. The van der Waals surface area contributed by atoms with Gasteiger partial charge in [-0.25, -0.2) is 22.9 Å². The average Bonchev–Trinajstić information content (AvgIpc) is 2.87. The zero-order chi connectivity index (χ0) is 15.5. The largest absolute Gasteiger partial charge is 0.478 e. The molecule has 8 heteroatoms. The number of thiazole rings is 1. The van der Waals surface area contributed by atoms with Crippen molar-refractivity contribution in [1.29, 1.82) is 0 Å². The zero-order valence-corrected chi connectivity index (χ0v) is 12.9. The number of aryl methyl sites for hydroxylation is 1. The number of aromatic carboxylic acids is 1. The molecule has 0 saturated heterocycles. The highest BCUT2D eigenvalue weighted by atomic mass is 32.2. The predicted molar refractivity (Wildman–Crippen MR) is 79.1 cm³/mol. The molecule has 0 spiro atoms. The molecule has 2 rings (SSSR count). The second-order valence-corrected chi connectivity index (χ2v) is 7.58. The Kier molecular flexibility index (Phi) is 4.71. The molecule has 0 aliphatic rings. The molecule has 0 aliphatic carbocycles. The summed E-state index contributed by atoms with van der Waals surface area (Å²) in [6, 6.07) is 6.35. The van der Waals surface area contributed by atoms with Gasteiger partial charge in [-0.05, 0) is 31.0 Å². The van der Waals surface area contributed by atoms with Gasteiger partial charge >= 0.3 is 5.97 Å². The average molecular weight is 326 g/mol. The molecule has 1 heterocycles. The van der Waals surface area contributed by atoms with Crippen LogP contribution in [0.1, 0.15) is 20.9 Å². The minimum absolute atomic E-state index is 0.196. The zero-order valence-electron chi connectivity index (χ0n) is 11.2. The minimum Gasteiger partial charge on any atom is -0.478 e. The van der Waals surface area contributed by atoms with E-state index < -0.39 is 16.0 Å². The van der Waals surface area contributed by atoms with Crippen molar-refractivity contribution in [2.75, 3.05) is 6.54 Å². The van der Waals surface area contributed by atoms with Crippen LogP contribution in [0.2, 0.25) is 0 Å². The number of nitrogens with zero attached hydrogens (tertiary/aromatic N) is 1. The van der Waals surface area contributed by atoms with E-state index in [0.29, 0.717) is 11.4 Å². The van der Waals surface area contributed by atoms with Crippen LogP contribution >= 0.6 is 11.3 Å². The van der Waals surface area contributed by atoms with Crippen LogP contribution in [0.5, 0.6) is 0 Å². The summed E-state index contributed by atoms with van der Waals surface area (Å²) in [5.74, 6) is -0.984. The van der Waals surface area contributed by atoms with Gasteiger partial charge in [0.1, 0.15) is 0 Å². The van der Waals surface area contributed by atoms with Crippen LogP contribution in [-0.2, 0) is 16.4 Å². The smallest absolute Gasteiger partial charge is 0.335 e. The molecule has 0 amide bonds. The van der Waals surface area contributed by atoms with Gasteiger partial charge in [0.2, 0.25) is 0 Å². The predicted octanol–water partition coefficient (Wildman–Crippen LogP) is 1.67. The van der Waals surface area contributed by atoms with Gasteiger partial charge in [0.15, 0.2) is 4.21 Å². The van der Waals surface area contributed by atoms with E-state index in [0.717, 1.165) is 16.9 Å². The van der Waals surface area contributed by atoms with E-state index in [1.807, 2.05) is 0 Å². The van der Waals surface area contributed by atoms with Gasteiger partial charge in [0.05, 0.1) is 16.8 Å². The Morgan fingerprint density at radius 3 is 2.52 bits per heavy atom. The van der Waals surface area contributed by atoms with Gasteiger partial charge in [-0.3, -0.25) is 0 Å². The van der Waals surface area contributed by atoms with E-state index >= 15 is 0 Å². The van der Waals surface area contributed by atoms with E-state index in [1.165, 1.54) is 18.3 Å². The van der Waals surface area contributed by atoms with E-state index in [-0.39, 0.29) is 16.3 Å². The first-order chi connectivity index (χ1) is 9.88. The second kappa shape index (κ2) is 6.33. The molecule has 2 aromatic rings. The lowest BCUT2D eigenvalue weighted by Crippen LogP contribution is -2.25. The molecule has 0 radical (unpaired) electrons. The quantitative estimate of drug-likeness (QED) is 0.842. The number of carboxylic acid groups (broad SMARTS) is 1. The normalized spacial score (nSPS) is 11.5. The highest BCUT2D eigenvalue weighted by Crippen LogP contribution is 2.17. The summed E-state index contributed by atoms with van der Waals surface area (Å²) in [6.45, 7) is 1.99. The third-order valence-electron chi connectivity index (χ3n) is 2.77. The molecule has 0 bridgehead atoms. The first-order valence-corrected chi connectivity index (χ1v) is 8.43. The SMILES string of the molecule is Cc1ncc(S(=O)(=O)NCCc2ccc(C(=O)O)cc2)s1. The second-order valence-electron chi connectivity index (χ2n) is 4.35. The Balaban J connectivity index is 1.93. The lowest BCUT2D eigenvalue weighted by atomic mass is 10.1. The summed E-state index contributed by atoms with van der Waals surface area (Å²) in [5, 5.41) is 9.48. The van der Waals surface area contributed by atoms with Gasteiger partial charge < -0.3 is 5.11 Å². The van der Waals surface area contributed by atoms with Crippen molar-refractivity contribution >= 4 is 27.3 Å². The molecule has 0 aliphatic heterocycles. The molecule has 2 N–H and O–H groups in total. The Morgan fingerprint density at radius 2 is 2.00 bits per heavy atom. The van der Waals surface area contributed by atoms with Crippen LogP contribution < -0.4 is 4.72 Å². The fraction of sp³-hybridized carbons (Fsp3) is 0.231. The number of carbonyl (C=O) groups is 1. The van der Waals surface area contributed by atoms with Crippen molar-refractivity contribution in [2.45, 2.75) is 17.6 Å². The van der Waals surface area contributed by atoms with Crippen LogP contribution in [-0.4, -0.2) is 31.0 Å². The maximum atomic E-state index is 12.0. The number of carboxylic acids is 1. The summed E-state index contributed by atoms with van der Waals surface area (Å²) >= 11 is 1.12. The van der Waals surface area contributed by atoms with Crippen molar-refractivity contribution < 1.29 is 18.3 Å². The Morgan fingerprint density at radius 1 is 1.33 bits per heavy atom. The molecule has 0 fully saturated rings. The number of hydrogen-bond donors (Lipinski definition) is 2. The Hall–Kier alpha value is -1.77. The standard InChI is InChI=1S/C13H14N2O4S2/c1-9-14-8-12(20-9)21(18,19)15-7-6-10-2-4-11(5-3-10)13(16)17/h2-5,8,15H,6-7H2,1H3,(H,16,17). The summed E-state index contributed by atoms with van der Waals surface area (Å²) in [5.41, 5.74) is 1.07. The molecule has 0 atom stereocenters. The van der Waals surface area contributed by atoms with Crippen molar-refractivity contribution in [3.8, 4) is 0 Å². The number of sulfonamides is 1. The fourth-order valence-electron chi connectivity index (χ4n) is 1.68. The van der Waals surface area contributed by atoms with Crippen molar-refractivity contribution in [3.05, 3.63) is 46.6 Å². The molecule has 21 heavy (non-hydrogen) atoms. The van der Waals surface area contributed by atoms with Crippen LogP contribution in [0, 0.1) is 6.92 Å². The number of nitrogens with one attached hydrogen (secondary N) is 1. The number of benzene rings is 1. The number of aromatic nitrogens is 1. The molecule has 1 aromatic carbocycles. The number of hydrogen-bond acceptors (Lipinski definition) is 5. The topological polar surface area (TPSA) is 96.4 Å². The fourth-order valence-corrected chi connectivity index (χ4v) is 3.86. The van der Waals surface area contributed by atoms with Crippen molar-refractivity contribution in [2.24, 2.45) is 0 Å². The monoisotopic (exact) mass is 326 g/mol. The van der Waals surface area contributed by atoms with Gasteiger partial charge in [0.25, 0.3) is 10.0 Å². The molecule has 6 nitrogen and oxygen atoms in total. The van der Waals surface area contributed by atoms with Crippen LogP contribution in [0.3, 0.4) is 0 Å². The van der Waals surface area contributed by atoms with Gasteiger partial charge in [0, 0.05) is 6.54 Å². The molecule has 0 unspecified atom stereocenters. The highest BCUT2D eigenvalue weighted by molar-refractivity contribution is 7.91. The summed E-state index contributed by atoms with van der Waals surface area (Å²) in [6.07, 6.45) is 1.82. The third kappa shape index (κ3) is 4.10. The van der Waals surface area contributed by atoms with Crippen LogP contribution in [0.25, 0.3) is 0 Å². The van der Waals surface area contributed by atoms with Crippen LogP contribution in [0.15, 0.2) is 34.7 Å². The molecule has 1 aromatic heterocycles. The molecular weight excluding hydrogens is 312 g/mol. The van der Waals surface area contributed by atoms with Crippen molar-refractivity contribution in [3.63, 3.8) is 0 Å². The van der Waals surface area contributed by atoms with E-state index in [9.17, 15) is 13.2 Å². The molecular formula is C13H14N2O4S2. The first kappa shape index (κ1) is 15.6. The lowest BCUT2D eigenvalue weighted by molar-refractivity contribution is 0.0697. The maximum Gasteiger partial charge on any atom is 0.335 e. The summed E-state index contributed by atoms with van der Waals surface area (Å²) in [4.78, 5) is 14.6. The maximum absolute atomic E-state index is 12.0. The van der Waals surface area contributed by atoms with E-state index in [4.69, 9.17) is 5.11 Å². The van der Waals surface area contributed by atoms with E-state index in [1.54, 1.807) is 19.1 Å². The highest BCUT2D eigenvalue weighted by Gasteiger charge is 2.16. The third-order valence-corrected chi connectivity index (χ3v) is 5.61. The van der Waals surface area contributed by atoms with E-state index in [2.05, 4.69) is 9.71 Å². The minimum atomic E-state index is -3.52. The number of rotatable bonds is 6. The molecule has 112 valence electrons. The van der Waals surface area contributed by atoms with Gasteiger partial charge in [-0.2, -0.15) is 0 Å². The summed E-state index contributed by atoms with van der Waals surface area (Å²) in [7, 11) is -3.52. The van der Waals surface area contributed by atoms with Crippen molar-refractivity contribution in [1.82, 2.24) is 9.71 Å². The molecule has 0 saturated carbocycles. The summed E-state index contributed by atoms with van der Waals surface area (Å²) < 4.78 is 26.6. The Labute approximate surface area is 126 Å². The van der Waals surface area contributed by atoms with Crippen LogP contribution in [0.4, 0.5) is 0 Å². The Bertz CT molecular complexity index is 736. The van der Waals surface area contributed by atoms with Gasteiger partial charge in [-0.1, -0.05) is 12.1 Å². The van der Waals surface area contributed by atoms with Gasteiger partial charge in [-0.15, -0.1) is 11.3 Å². The first-order valence-electron chi connectivity index (χ1n) is 6.13.